The zero-order valence-electron chi connectivity index (χ0n) is 7.89. The summed E-state index contributed by atoms with van der Waals surface area (Å²) in [6.45, 7) is 9.25. The minimum Gasteiger partial charge on any atom is -0.348 e. The highest BCUT2D eigenvalue weighted by molar-refractivity contribution is 4.86. The second-order valence-corrected chi connectivity index (χ2v) is 3.81. The highest BCUT2D eigenvalue weighted by Gasteiger charge is 2.50. The molecule has 0 aromatic carbocycles. The van der Waals surface area contributed by atoms with Gasteiger partial charge in [0.05, 0.1) is 6.61 Å². The Morgan fingerprint density at radius 3 is 2.45 bits per heavy atom. The van der Waals surface area contributed by atoms with Gasteiger partial charge in [-0.2, -0.15) is 0 Å². The zero-order chi connectivity index (χ0) is 8.48. The second-order valence-electron chi connectivity index (χ2n) is 3.81. The standard InChI is InChI=1S/C9H18O2/c1-7(2)5-6-10-9(4)8(3)11-9/h7-8H,5-6H2,1-4H3. The van der Waals surface area contributed by atoms with Crippen molar-refractivity contribution in [1.82, 2.24) is 0 Å². The van der Waals surface area contributed by atoms with Crippen LogP contribution in [0.25, 0.3) is 0 Å². The van der Waals surface area contributed by atoms with Gasteiger partial charge in [0.25, 0.3) is 0 Å². The first-order chi connectivity index (χ1) is 5.04. The van der Waals surface area contributed by atoms with Crippen LogP contribution in [-0.2, 0) is 9.47 Å². The Kier molecular flexibility index (Phi) is 2.55. The van der Waals surface area contributed by atoms with E-state index in [-0.39, 0.29) is 11.9 Å². The molecule has 0 saturated carbocycles. The number of hydrogen-bond donors (Lipinski definition) is 0. The molecule has 0 aliphatic carbocycles. The fourth-order valence-electron chi connectivity index (χ4n) is 0.966. The van der Waals surface area contributed by atoms with Gasteiger partial charge in [-0.1, -0.05) is 13.8 Å². The van der Waals surface area contributed by atoms with Crippen molar-refractivity contribution < 1.29 is 9.47 Å². The first kappa shape index (κ1) is 9.01. The van der Waals surface area contributed by atoms with E-state index >= 15 is 0 Å². The van der Waals surface area contributed by atoms with E-state index in [4.69, 9.17) is 9.47 Å². The molecule has 1 aliphatic heterocycles. The maximum atomic E-state index is 5.54. The summed E-state index contributed by atoms with van der Waals surface area (Å²) in [6.07, 6.45) is 1.40. The van der Waals surface area contributed by atoms with E-state index in [1.807, 2.05) is 13.8 Å². The molecule has 1 saturated heterocycles. The molecule has 0 aromatic rings. The molecule has 0 N–H and O–H groups in total. The maximum absolute atomic E-state index is 5.54. The minimum absolute atomic E-state index is 0.255. The summed E-state index contributed by atoms with van der Waals surface area (Å²) < 4.78 is 10.8. The molecule has 2 unspecified atom stereocenters. The third-order valence-electron chi connectivity index (χ3n) is 2.18. The van der Waals surface area contributed by atoms with Gasteiger partial charge in [0, 0.05) is 0 Å². The lowest BCUT2D eigenvalue weighted by molar-refractivity contribution is -0.0336. The molecule has 1 heterocycles. The van der Waals surface area contributed by atoms with Crippen LogP contribution in [0, 0.1) is 5.92 Å². The van der Waals surface area contributed by atoms with E-state index < -0.39 is 0 Å². The van der Waals surface area contributed by atoms with Crippen LogP contribution in [-0.4, -0.2) is 18.5 Å². The van der Waals surface area contributed by atoms with E-state index in [1.54, 1.807) is 0 Å². The molecular formula is C9H18O2. The lowest BCUT2D eigenvalue weighted by atomic mass is 10.1. The SMILES string of the molecule is CC(C)CCOC1(C)OC1C. The van der Waals surface area contributed by atoms with Gasteiger partial charge in [-0.05, 0) is 26.2 Å². The minimum atomic E-state index is -0.255. The van der Waals surface area contributed by atoms with Crippen LogP contribution in [0.5, 0.6) is 0 Å². The van der Waals surface area contributed by atoms with E-state index in [0.717, 1.165) is 13.0 Å². The molecule has 11 heavy (non-hydrogen) atoms. The molecule has 1 aliphatic rings. The summed E-state index contributed by atoms with van der Waals surface area (Å²) in [5, 5.41) is 0. The second kappa shape index (κ2) is 3.11. The van der Waals surface area contributed by atoms with Crippen molar-refractivity contribution in [2.75, 3.05) is 6.61 Å². The third-order valence-corrected chi connectivity index (χ3v) is 2.18. The van der Waals surface area contributed by atoms with Gasteiger partial charge in [-0.15, -0.1) is 0 Å². The molecule has 1 rings (SSSR count). The van der Waals surface area contributed by atoms with Crippen molar-refractivity contribution in [3.05, 3.63) is 0 Å². The number of ether oxygens (including phenoxy) is 2. The number of epoxide rings is 1. The highest BCUT2D eigenvalue weighted by atomic mass is 16.8. The monoisotopic (exact) mass is 158 g/mol. The van der Waals surface area contributed by atoms with Gasteiger partial charge in [0.15, 0.2) is 5.79 Å². The topological polar surface area (TPSA) is 21.8 Å². The van der Waals surface area contributed by atoms with Crippen LogP contribution in [0.2, 0.25) is 0 Å². The van der Waals surface area contributed by atoms with E-state index in [2.05, 4.69) is 13.8 Å². The average Bonchev–Trinajstić information content (AvgIpc) is 2.39. The molecule has 2 atom stereocenters. The molecule has 2 nitrogen and oxygen atoms in total. The molecule has 0 bridgehead atoms. The first-order valence-electron chi connectivity index (χ1n) is 4.36. The molecular weight excluding hydrogens is 140 g/mol. The Morgan fingerprint density at radius 1 is 1.55 bits per heavy atom. The van der Waals surface area contributed by atoms with E-state index in [9.17, 15) is 0 Å². The van der Waals surface area contributed by atoms with Crippen LogP contribution >= 0.6 is 0 Å². The van der Waals surface area contributed by atoms with Gasteiger partial charge in [-0.3, -0.25) is 0 Å². The summed E-state index contributed by atoms with van der Waals surface area (Å²) in [6, 6.07) is 0. The normalized spacial score (nSPS) is 36.3. The summed E-state index contributed by atoms with van der Waals surface area (Å²) in [7, 11) is 0. The van der Waals surface area contributed by atoms with Crippen LogP contribution in [0.4, 0.5) is 0 Å². The van der Waals surface area contributed by atoms with E-state index in [1.165, 1.54) is 0 Å². The Labute approximate surface area is 68.9 Å². The van der Waals surface area contributed by atoms with Gasteiger partial charge in [-0.25, -0.2) is 0 Å². The van der Waals surface area contributed by atoms with Gasteiger partial charge in [0.2, 0.25) is 0 Å². The quantitative estimate of drug-likeness (QED) is 0.585. The maximum Gasteiger partial charge on any atom is 0.192 e. The third kappa shape index (κ3) is 2.46. The molecule has 0 amide bonds. The fourth-order valence-corrected chi connectivity index (χ4v) is 0.966. The highest BCUT2D eigenvalue weighted by Crippen LogP contribution is 2.36. The van der Waals surface area contributed by atoms with Gasteiger partial charge >= 0.3 is 0 Å². The first-order valence-corrected chi connectivity index (χ1v) is 4.36. The molecule has 2 heteroatoms. The molecule has 1 fully saturated rings. The van der Waals surface area contributed by atoms with Gasteiger partial charge < -0.3 is 9.47 Å². The van der Waals surface area contributed by atoms with Gasteiger partial charge in [0.1, 0.15) is 6.10 Å². The Hall–Kier alpha value is -0.0800. The molecule has 0 aromatic heterocycles. The number of hydrogen-bond acceptors (Lipinski definition) is 2. The molecule has 0 radical (unpaired) electrons. The summed E-state index contributed by atoms with van der Waals surface area (Å²) in [5.74, 6) is 0.460. The number of rotatable bonds is 4. The van der Waals surface area contributed by atoms with Crippen LogP contribution in [0.15, 0.2) is 0 Å². The lowest BCUT2D eigenvalue weighted by Crippen LogP contribution is -2.15. The van der Waals surface area contributed by atoms with E-state index in [0.29, 0.717) is 5.92 Å². The summed E-state index contributed by atoms with van der Waals surface area (Å²) in [4.78, 5) is 0. The van der Waals surface area contributed by atoms with Crippen molar-refractivity contribution in [2.45, 2.75) is 46.0 Å². The summed E-state index contributed by atoms with van der Waals surface area (Å²) in [5.41, 5.74) is 0. The van der Waals surface area contributed by atoms with Crippen molar-refractivity contribution >= 4 is 0 Å². The largest absolute Gasteiger partial charge is 0.348 e. The smallest absolute Gasteiger partial charge is 0.192 e. The van der Waals surface area contributed by atoms with Crippen molar-refractivity contribution in [1.29, 1.82) is 0 Å². The molecule has 0 spiro atoms. The zero-order valence-corrected chi connectivity index (χ0v) is 7.89. The summed E-state index contributed by atoms with van der Waals surface area (Å²) >= 11 is 0. The van der Waals surface area contributed by atoms with Crippen LogP contribution in [0.1, 0.15) is 34.1 Å². The van der Waals surface area contributed by atoms with Crippen molar-refractivity contribution in [2.24, 2.45) is 5.92 Å². The predicted octanol–water partition coefficient (Wildman–Crippen LogP) is 2.18. The van der Waals surface area contributed by atoms with Crippen LogP contribution in [0.3, 0.4) is 0 Å². The predicted molar refractivity (Wildman–Crippen MR) is 44.4 cm³/mol. The van der Waals surface area contributed by atoms with Crippen molar-refractivity contribution in [3.8, 4) is 0 Å². The van der Waals surface area contributed by atoms with Crippen molar-refractivity contribution in [3.63, 3.8) is 0 Å². The molecule has 66 valence electrons. The van der Waals surface area contributed by atoms with Crippen LogP contribution < -0.4 is 0 Å². The Balaban J connectivity index is 2.04. The fraction of sp³-hybridized carbons (Fsp3) is 1.00. The Bertz CT molecular complexity index is 134. The Morgan fingerprint density at radius 2 is 2.09 bits per heavy atom. The lowest BCUT2D eigenvalue weighted by Gasteiger charge is -2.09. The average molecular weight is 158 g/mol.